The topological polar surface area (TPSA) is 21.2 Å². The van der Waals surface area contributed by atoms with Crippen molar-refractivity contribution in [3.63, 3.8) is 0 Å². The van der Waals surface area contributed by atoms with Crippen molar-refractivity contribution in [2.24, 2.45) is 0 Å². The Labute approximate surface area is 216 Å². The molecule has 3 heterocycles. The Kier molecular flexibility index (Phi) is 4.46. The molecule has 0 spiro atoms. The SMILES string of the molecule is CC.CCC12CC1(C)c1cccc3nc(C(C)(C)C)n4c5cc6c(cc5[n+]2c4c13)C(C)(C)CC6(C)C. The van der Waals surface area contributed by atoms with E-state index in [0.717, 1.165) is 11.9 Å². The summed E-state index contributed by atoms with van der Waals surface area (Å²) >= 11 is 0. The summed E-state index contributed by atoms with van der Waals surface area (Å²) < 4.78 is 5.33. The average Bonchev–Trinajstić information content (AvgIpc) is 3.24. The van der Waals surface area contributed by atoms with Crippen LogP contribution in [-0.4, -0.2) is 9.38 Å². The Morgan fingerprint density at radius 3 is 2.17 bits per heavy atom. The van der Waals surface area contributed by atoms with Crippen LogP contribution < -0.4 is 4.57 Å². The zero-order valence-electron chi connectivity index (χ0n) is 24.3. The van der Waals surface area contributed by atoms with Gasteiger partial charge in [-0.15, -0.1) is 0 Å². The summed E-state index contributed by atoms with van der Waals surface area (Å²) in [6, 6.07) is 12.0. The third-order valence-electron chi connectivity index (χ3n) is 9.89. The number of aromatic nitrogens is 3. The van der Waals surface area contributed by atoms with Gasteiger partial charge in [0.25, 0.3) is 5.65 Å². The quantitative estimate of drug-likeness (QED) is 0.252. The number of hydrogen-bond donors (Lipinski definition) is 0. The lowest BCUT2D eigenvalue weighted by molar-refractivity contribution is -0.697. The summed E-state index contributed by atoms with van der Waals surface area (Å²) in [6.07, 6.45) is 3.55. The molecule has 1 saturated carbocycles. The van der Waals surface area contributed by atoms with Gasteiger partial charge in [0.1, 0.15) is 5.54 Å². The minimum absolute atomic E-state index is 0.0640. The highest BCUT2D eigenvalue weighted by Gasteiger charge is 2.72. The van der Waals surface area contributed by atoms with E-state index in [1.807, 2.05) is 13.8 Å². The molecule has 2 aromatic heterocycles. The standard InChI is InChI=1S/C31H38N3.C2H6/c1-10-31-17-30(31,9)18-12-11-13-21-24(18)25-33(26(32-21)27(2,3)4)22-14-19-20(15-23(22)34(25)31)29(7,8)16-28(19,5)6;1-2/h11-15H,10,16-17H2,1-9H3;1-2H3/q+1;. The third kappa shape index (κ3) is 2.55. The highest BCUT2D eigenvalue weighted by atomic mass is 15.3. The Balaban J connectivity index is 0.00000117. The molecule has 2 aromatic carbocycles. The molecule has 0 radical (unpaired) electrons. The second-order valence-electron chi connectivity index (χ2n) is 14.1. The monoisotopic (exact) mass is 482 g/mol. The van der Waals surface area contributed by atoms with Gasteiger partial charge in [0.05, 0.1) is 10.9 Å². The van der Waals surface area contributed by atoms with Gasteiger partial charge in [-0.2, -0.15) is 4.40 Å². The van der Waals surface area contributed by atoms with Crippen LogP contribution in [0.1, 0.15) is 118 Å². The van der Waals surface area contributed by atoms with E-state index >= 15 is 0 Å². The molecule has 3 heteroatoms. The van der Waals surface area contributed by atoms with Gasteiger partial charge in [-0.3, -0.25) is 0 Å². The number of fused-ring (bicyclic) bond motifs is 7. The number of nitrogens with zero attached hydrogens (tertiary/aromatic N) is 3. The molecule has 0 amide bonds. The molecule has 1 aliphatic heterocycles. The molecule has 7 rings (SSSR count). The minimum Gasteiger partial charge on any atom is -0.216 e. The Morgan fingerprint density at radius 1 is 0.917 bits per heavy atom. The molecule has 2 unspecified atom stereocenters. The van der Waals surface area contributed by atoms with Gasteiger partial charge in [-0.05, 0) is 58.6 Å². The first kappa shape index (κ1) is 23.9. The summed E-state index contributed by atoms with van der Waals surface area (Å²) in [4.78, 5) is 5.37. The minimum atomic E-state index is -0.0640. The largest absolute Gasteiger partial charge is 0.299 e. The maximum atomic E-state index is 5.37. The van der Waals surface area contributed by atoms with Gasteiger partial charge in [-0.1, -0.05) is 88.3 Å². The van der Waals surface area contributed by atoms with E-state index in [9.17, 15) is 0 Å². The van der Waals surface area contributed by atoms with Crippen LogP contribution in [-0.2, 0) is 27.2 Å². The summed E-state index contributed by atoms with van der Waals surface area (Å²) in [5.74, 6) is 1.17. The van der Waals surface area contributed by atoms with E-state index in [1.165, 1.54) is 51.9 Å². The van der Waals surface area contributed by atoms with Crippen molar-refractivity contribution in [2.45, 2.75) is 123 Å². The highest BCUT2D eigenvalue weighted by Crippen LogP contribution is 2.65. The summed E-state index contributed by atoms with van der Waals surface area (Å²) in [7, 11) is 0. The van der Waals surface area contributed by atoms with E-state index in [-0.39, 0.29) is 27.2 Å². The molecular formula is C33H44N3+. The second-order valence-corrected chi connectivity index (χ2v) is 14.1. The number of benzene rings is 2. The first-order chi connectivity index (χ1) is 16.8. The molecule has 3 aliphatic rings. The van der Waals surface area contributed by atoms with E-state index in [4.69, 9.17) is 4.98 Å². The predicted octanol–water partition coefficient (Wildman–Crippen LogP) is 7.99. The van der Waals surface area contributed by atoms with Crippen molar-refractivity contribution in [1.82, 2.24) is 9.38 Å². The fourth-order valence-electron chi connectivity index (χ4n) is 8.43. The van der Waals surface area contributed by atoms with Crippen LogP contribution in [0.4, 0.5) is 0 Å². The lowest BCUT2D eigenvalue weighted by atomic mass is 9.82. The van der Waals surface area contributed by atoms with Gasteiger partial charge in [-0.25, -0.2) is 9.55 Å². The van der Waals surface area contributed by atoms with Crippen LogP contribution in [0, 0.1) is 0 Å². The summed E-state index contributed by atoms with van der Waals surface area (Å²) in [5.41, 5.74) is 10.5. The van der Waals surface area contributed by atoms with Crippen LogP contribution in [0.15, 0.2) is 30.3 Å². The van der Waals surface area contributed by atoms with Gasteiger partial charge in [0.2, 0.25) is 5.82 Å². The molecule has 3 nitrogen and oxygen atoms in total. The lowest BCUT2D eigenvalue weighted by Gasteiger charge is -2.27. The predicted molar refractivity (Wildman–Crippen MR) is 151 cm³/mol. The van der Waals surface area contributed by atoms with Crippen LogP contribution in [0.3, 0.4) is 0 Å². The number of imidazole rings is 1. The molecule has 190 valence electrons. The summed E-state index contributed by atoms with van der Waals surface area (Å²) in [5, 5.41) is 1.37. The second kappa shape index (κ2) is 6.71. The van der Waals surface area contributed by atoms with Crippen molar-refractivity contribution in [2.75, 3.05) is 0 Å². The normalized spacial score (nSPS) is 26.8. The molecule has 1 fully saturated rings. The fourth-order valence-corrected chi connectivity index (χ4v) is 8.43. The molecule has 0 N–H and O–H groups in total. The first-order valence-corrected chi connectivity index (χ1v) is 14.2. The molecule has 4 aromatic rings. The molecular weight excluding hydrogens is 438 g/mol. The Bertz CT molecular complexity index is 1590. The molecule has 36 heavy (non-hydrogen) atoms. The van der Waals surface area contributed by atoms with Crippen LogP contribution in [0.2, 0.25) is 0 Å². The lowest BCUT2D eigenvalue weighted by Crippen LogP contribution is -2.52. The van der Waals surface area contributed by atoms with Crippen molar-refractivity contribution in [1.29, 1.82) is 0 Å². The zero-order chi connectivity index (χ0) is 26.2. The van der Waals surface area contributed by atoms with Gasteiger partial charge >= 0.3 is 0 Å². The van der Waals surface area contributed by atoms with Crippen molar-refractivity contribution in [3.8, 4) is 0 Å². The Morgan fingerprint density at radius 2 is 1.56 bits per heavy atom. The fraction of sp³-hybridized carbons (Fsp3) is 0.576. The van der Waals surface area contributed by atoms with Crippen molar-refractivity contribution >= 4 is 27.6 Å². The molecule has 2 atom stereocenters. The third-order valence-corrected chi connectivity index (χ3v) is 9.89. The van der Waals surface area contributed by atoms with E-state index < -0.39 is 0 Å². The average molecular weight is 483 g/mol. The van der Waals surface area contributed by atoms with Gasteiger partial charge < -0.3 is 0 Å². The first-order valence-electron chi connectivity index (χ1n) is 14.2. The van der Waals surface area contributed by atoms with Crippen LogP contribution in [0.25, 0.3) is 27.6 Å². The van der Waals surface area contributed by atoms with E-state index in [2.05, 4.69) is 102 Å². The van der Waals surface area contributed by atoms with Gasteiger partial charge in [0, 0.05) is 17.3 Å². The molecule has 2 aliphatic carbocycles. The maximum Gasteiger partial charge on any atom is 0.299 e. The van der Waals surface area contributed by atoms with Crippen molar-refractivity contribution in [3.05, 3.63) is 52.8 Å². The summed E-state index contributed by atoms with van der Waals surface area (Å²) in [6.45, 7) is 25.5. The van der Waals surface area contributed by atoms with Crippen molar-refractivity contribution < 1.29 is 4.57 Å². The van der Waals surface area contributed by atoms with E-state index in [0.29, 0.717) is 0 Å². The maximum absolute atomic E-state index is 5.37. The number of rotatable bonds is 1. The smallest absolute Gasteiger partial charge is 0.216 e. The highest BCUT2D eigenvalue weighted by molar-refractivity contribution is 5.98. The van der Waals surface area contributed by atoms with E-state index in [1.54, 1.807) is 5.56 Å². The Hall–Kier alpha value is -2.42. The van der Waals surface area contributed by atoms with Crippen LogP contribution >= 0.6 is 0 Å². The molecule has 0 saturated heterocycles. The number of hydrogen-bond acceptors (Lipinski definition) is 1. The zero-order valence-corrected chi connectivity index (χ0v) is 24.3. The van der Waals surface area contributed by atoms with Gasteiger partial charge in [0.15, 0.2) is 11.0 Å². The molecule has 0 bridgehead atoms. The van der Waals surface area contributed by atoms with Crippen LogP contribution in [0.5, 0.6) is 0 Å².